The van der Waals surface area contributed by atoms with Gasteiger partial charge in [0.15, 0.2) is 0 Å². The third-order valence-electron chi connectivity index (χ3n) is 3.93. The molecule has 0 spiro atoms. The Morgan fingerprint density at radius 3 is 2.44 bits per heavy atom. The molecule has 1 fully saturated rings. The van der Waals surface area contributed by atoms with Crippen molar-refractivity contribution < 1.29 is 14.6 Å². The van der Waals surface area contributed by atoms with Crippen LogP contribution in [-0.2, 0) is 9.53 Å². The maximum absolute atomic E-state index is 11.7. The normalized spacial score (nSPS) is 32.9. The fraction of sp³-hybridized carbons (Fsp3) is 0.933. The van der Waals surface area contributed by atoms with E-state index in [4.69, 9.17) is 4.74 Å². The highest BCUT2D eigenvalue weighted by Gasteiger charge is 2.40. The predicted molar refractivity (Wildman–Crippen MR) is 72.1 cm³/mol. The minimum atomic E-state index is -0.475. The van der Waals surface area contributed by atoms with Gasteiger partial charge >= 0.3 is 5.97 Å². The van der Waals surface area contributed by atoms with Crippen LogP contribution in [0.1, 0.15) is 60.3 Å². The molecule has 3 atom stereocenters. The number of aliphatic hydroxyl groups excluding tert-OH is 1. The molecule has 0 unspecified atom stereocenters. The average molecular weight is 256 g/mol. The molecule has 0 radical (unpaired) electrons. The van der Waals surface area contributed by atoms with Crippen molar-refractivity contribution in [2.75, 3.05) is 0 Å². The number of esters is 1. The van der Waals surface area contributed by atoms with E-state index in [9.17, 15) is 9.90 Å². The Kier molecular flexibility index (Phi) is 5.20. The number of carbonyl (C=O) groups is 1. The van der Waals surface area contributed by atoms with E-state index in [2.05, 4.69) is 13.8 Å². The highest BCUT2D eigenvalue weighted by molar-refractivity contribution is 5.70. The predicted octanol–water partition coefficient (Wildman–Crippen LogP) is 3.15. The van der Waals surface area contributed by atoms with Crippen molar-refractivity contribution in [1.29, 1.82) is 0 Å². The van der Waals surface area contributed by atoms with Crippen LogP contribution in [0.2, 0.25) is 0 Å². The van der Waals surface area contributed by atoms with E-state index < -0.39 is 5.60 Å². The lowest BCUT2D eigenvalue weighted by Gasteiger charge is -2.41. The number of carbonyl (C=O) groups excluding carboxylic acids is 1. The molecule has 0 aromatic rings. The van der Waals surface area contributed by atoms with Gasteiger partial charge < -0.3 is 9.84 Å². The molecule has 0 aromatic heterocycles. The molecule has 1 saturated carbocycles. The number of aliphatic hydroxyl groups is 1. The Labute approximate surface area is 111 Å². The van der Waals surface area contributed by atoms with Crippen molar-refractivity contribution in [3.8, 4) is 0 Å². The Morgan fingerprint density at radius 2 is 2.00 bits per heavy atom. The first kappa shape index (κ1) is 15.5. The molecule has 1 aliphatic rings. The molecule has 3 heteroatoms. The molecule has 18 heavy (non-hydrogen) atoms. The monoisotopic (exact) mass is 256 g/mol. The van der Waals surface area contributed by atoms with Crippen molar-refractivity contribution in [2.45, 2.75) is 72.0 Å². The lowest BCUT2D eigenvalue weighted by molar-refractivity contribution is -0.169. The molecule has 1 aliphatic carbocycles. The summed E-state index contributed by atoms with van der Waals surface area (Å²) in [6.45, 7) is 10.2. The quantitative estimate of drug-likeness (QED) is 0.786. The zero-order chi connectivity index (χ0) is 13.9. The van der Waals surface area contributed by atoms with E-state index in [0.29, 0.717) is 30.6 Å². The topological polar surface area (TPSA) is 46.5 Å². The first-order chi connectivity index (χ1) is 8.23. The van der Waals surface area contributed by atoms with Gasteiger partial charge in [0.1, 0.15) is 5.60 Å². The standard InChI is InChI=1S/C15H28O3/c1-10(2)8-14(17)18-15(5)7-6-12(11(3)4)13(16)9-15/h10-13,16H,6-9H2,1-5H3/t12-,13+,15+/m0/s1. The summed E-state index contributed by atoms with van der Waals surface area (Å²) in [6, 6.07) is 0. The molecule has 0 aromatic carbocycles. The SMILES string of the molecule is CC(C)CC(=O)O[C@]1(C)CC[C@@H](C(C)C)[C@H](O)C1. The third kappa shape index (κ3) is 4.27. The van der Waals surface area contributed by atoms with E-state index in [1.807, 2.05) is 20.8 Å². The van der Waals surface area contributed by atoms with E-state index >= 15 is 0 Å². The van der Waals surface area contributed by atoms with Gasteiger partial charge in [0.25, 0.3) is 0 Å². The zero-order valence-corrected chi connectivity index (χ0v) is 12.4. The van der Waals surface area contributed by atoms with Gasteiger partial charge in [0, 0.05) is 12.8 Å². The molecule has 1 N–H and O–H groups in total. The summed E-state index contributed by atoms with van der Waals surface area (Å²) in [5, 5.41) is 10.2. The van der Waals surface area contributed by atoms with Crippen molar-refractivity contribution in [3.05, 3.63) is 0 Å². The van der Waals surface area contributed by atoms with Crippen LogP contribution < -0.4 is 0 Å². The molecule has 106 valence electrons. The largest absolute Gasteiger partial charge is 0.459 e. The summed E-state index contributed by atoms with van der Waals surface area (Å²) in [5.41, 5.74) is -0.475. The number of hydrogen-bond acceptors (Lipinski definition) is 3. The van der Waals surface area contributed by atoms with E-state index in [0.717, 1.165) is 12.8 Å². The van der Waals surface area contributed by atoms with Crippen molar-refractivity contribution >= 4 is 5.97 Å². The lowest BCUT2D eigenvalue weighted by Crippen LogP contribution is -2.44. The molecule has 0 aliphatic heterocycles. The minimum absolute atomic E-state index is 0.136. The molecule has 0 amide bonds. The van der Waals surface area contributed by atoms with Gasteiger partial charge in [-0.05, 0) is 37.5 Å². The molecule has 1 rings (SSSR count). The molecular weight excluding hydrogens is 228 g/mol. The lowest BCUT2D eigenvalue weighted by atomic mass is 9.73. The summed E-state index contributed by atoms with van der Waals surface area (Å²) in [7, 11) is 0. The highest BCUT2D eigenvalue weighted by atomic mass is 16.6. The van der Waals surface area contributed by atoms with Gasteiger partial charge in [-0.3, -0.25) is 4.79 Å². The maximum Gasteiger partial charge on any atom is 0.306 e. The van der Waals surface area contributed by atoms with Crippen molar-refractivity contribution in [3.63, 3.8) is 0 Å². The van der Waals surface area contributed by atoms with Crippen LogP contribution in [0, 0.1) is 17.8 Å². The van der Waals surface area contributed by atoms with Gasteiger partial charge in [-0.15, -0.1) is 0 Å². The number of rotatable bonds is 4. The zero-order valence-electron chi connectivity index (χ0n) is 12.4. The first-order valence-corrected chi connectivity index (χ1v) is 7.13. The molecule has 3 nitrogen and oxygen atoms in total. The second kappa shape index (κ2) is 6.05. The Hall–Kier alpha value is -0.570. The summed E-state index contributed by atoms with van der Waals surface area (Å²) >= 11 is 0. The van der Waals surface area contributed by atoms with Crippen molar-refractivity contribution in [1.82, 2.24) is 0 Å². The minimum Gasteiger partial charge on any atom is -0.459 e. The summed E-state index contributed by atoms with van der Waals surface area (Å²) in [6.07, 6.45) is 2.47. The number of hydrogen-bond donors (Lipinski definition) is 1. The highest BCUT2D eigenvalue weighted by Crippen LogP contribution is 2.38. The van der Waals surface area contributed by atoms with Crippen LogP contribution in [0.3, 0.4) is 0 Å². The Bertz CT molecular complexity index is 285. The van der Waals surface area contributed by atoms with E-state index in [1.165, 1.54) is 0 Å². The van der Waals surface area contributed by atoms with Crippen molar-refractivity contribution in [2.24, 2.45) is 17.8 Å². The second-order valence-electron chi connectivity index (χ2n) is 6.74. The molecular formula is C15H28O3. The fourth-order valence-corrected chi connectivity index (χ4v) is 2.88. The maximum atomic E-state index is 11.7. The van der Waals surface area contributed by atoms with Crippen LogP contribution in [0.15, 0.2) is 0 Å². The summed E-state index contributed by atoms with van der Waals surface area (Å²) in [4.78, 5) is 11.7. The van der Waals surface area contributed by atoms with Gasteiger partial charge in [-0.1, -0.05) is 27.7 Å². The summed E-state index contributed by atoms with van der Waals surface area (Å²) < 4.78 is 5.59. The second-order valence-corrected chi connectivity index (χ2v) is 6.74. The van der Waals surface area contributed by atoms with E-state index in [-0.39, 0.29) is 12.1 Å². The van der Waals surface area contributed by atoms with Gasteiger partial charge in [0.2, 0.25) is 0 Å². The average Bonchev–Trinajstić information content (AvgIpc) is 2.13. The summed E-state index contributed by atoms with van der Waals surface area (Å²) in [5.74, 6) is 0.999. The van der Waals surface area contributed by atoms with E-state index in [1.54, 1.807) is 0 Å². The van der Waals surface area contributed by atoms with Crippen LogP contribution in [0.4, 0.5) is 0 Å². The molecule has 0 heterocycles. The Balaban J connectivity index is 2.54. The van der Waals surface area contributed by atoms with Gasteiger partial charge in [0.05, 0.1) is 6.10 Å². The van der Waals surface area contributed by atoms with Crippen LogP contribution in [0.5, 0.6) is 0 Å². The fourth-order valence-electron chi connectivity index (χ4n) is 2.88. The van der Waals surface area contributed by atoms with Crippen LogP contribution in [-0.4, -0.2) is 22.8 Å². The third-order valence-corrected chi connectivity index (χ3v) is 3.93. The van der Waals surface area contributed by atoms with Crippen LogP contribution >= 0.6 is 0 Å². The van der Waals surface area contributed by atoms with Gasteiger partial charge in [-0.2, -0.15) is 0 Å². The first-order valence-electron chi connectivity index (χ1n) is 7.13. The Morgan fingerprint density at radius 1 is 1.39 bits per heavy atom. The van der Waals surface area contributed by atoms with Crippen LogP contribution in [0.25, 0.3) is 0 Å². The molecule has 0 bridgehead atoms. The number of ether oxygens (including phenoxy) is 1. The smallest absolute Gasteiger partial charge is 0.306 e. The van der Waals surface area contributed by atoms with Gasteiger partial charge in [-0.25, -0.2) is 0 Å². The molecule has 0 saturated heterocycles.